The molecule has 0 saturated carbocycles. The van der Waals surface area contributed by atoms with E-state index in [1.807, 2.05) is 6.92 Å². The van der Waals surface area contributed by atoms with Gasteiger partial charge in [0.2, 0.25) is 5.91 Å². The molecule has 0 unspecified atom stereocenters. The molecule has 0 bridgehead atoms. The summed E-state index contributed by atoms with van der Waals surface area (Å²) in [5.74, 6) is 0.0168. The first-order valence-corrected chi connectivity index (χ1v) is 19.8. The summed E-state index contributed by atoms with van der Waals surface area (Å²) in [7, 11) is 0. The third-order valence-electron chi connectivity index (χ3n) is 9.30. The van der Waals surface area contributed by atoms with Gasteiger partial charge in [0.1, 0.15) is 27.9 Å². The van der Waals surface area contributed by atoms with Crippen molar-refractivity contribution in [1.82, 2.24) is 25.8 Å². The van der Waals surface area contributed by atoms with Crippen LogP contribution in [0.15, 0.2) is 25.3 Å². The normalized spacial score (nSPS) is 24.2. The van der Waals surface area contributed by atoms with Gasteiger partial charge >= 0.3 is 18.3 Å². The van der Waals surface area contributed by atoms with Gasteiger partial charge in [-0.3, -0.25) is 24.2 Å². The second-order valence-electron chi connectivity index (χ2n) is 17.7. The standard InChI is InChI=1S/C18H31N3O5.C14H24N2O3.C9H17NO/c1-8-9-18(12-20-14(23)25-16(2,3)4)13(22)19-10-11-21(18)15(24)26-17(5,6)7;1-5-8-14(10-15)11(17)7-6-9-16(14)12(18)19-13(2,3)4;1-3-6-9(2)8(11)5-4-7-10-9/h8H,1,9-12H2,2-7H3,(H,19,22)(H,20,23);5H,1,6-10,15H2,2-4H3;10H,3-7H2,1-2H3/t18-;14-;9-/m110/s1. The van der Waals surface area contributed by atoms with Gasteiger partial charge in [-0.25, -0.2) is 14.4 Å². The number of ketones is 2. The predicted octanol–water partition coefficient (Wildman–Crippen LogP) is 5.55. The predicted molar refractivity (Wildman–Crippen MR) is 217 cm³/mol. The van der Waals surface area contributed by atoms with Gasteiger partial charge in [-0.05, 0) is 108 Å². The van der Waals surface area contributed by atoms with Crippen molar-refractivity contribution in [3.05, 3.63) is 25.3 Å². The van der Waals surface area contributed by atoms with E-state index in [1.54, 1.807) is 74.5 Å². The number of carbonyl (C=O) groups is 6. The molecule has 0 radical (unpaired) electrons. The van der Waals surface area contributed by atoms with Crippen LogP contribution in [0, 0.1) is 0 Å². The highest BCUT2D eigenvalue weighted by atomic mass is 16.6. The summed E-state index contributed by atoms with van der Waals surface area (Å²) in [4.78, 5) is 76.2. The number of ether oxygens (including phenoxy) is 3. The monoisotopic (exact) mass is 793 g/mol. The van der Waals surface area contributed by atoms with Gasteiger partial charge in [0.25, 0.3) is 0 Å². The zero-order valence-corrected chi connectivity index (χ0v) is 36.1. The third kappa shape index (κ3) is 14.8. The molecule has 3 fully saturated rings. The fourth-order valence-corrected chi connectivity index (χ4v) is 6.65. The first-order valence-electron chi connectivity index (χ1n) is 19.8. The lowest BCUT2D eigenvalue weighted by Gasteiger charge is -2.45. The van der Waals surface area contributed by atoms with Crippen molar-refractivity contribution >= 4 is 35.8 Å². The summed E-state index contributed by atoms with van der Waals surface area (Å²) in [5.41, 5.74) is 1.32. The highest BCUT2D eigenvalue weighted by Crippen LogP contribution is 2.30. The Morgan fingerprint density at radius 1 is 0.786 bits per heavy atom. The Morgan fingerprint density at radius 3 is 1.75 bits per heavy atom. The second-order valence-corrected chi connectivity index (χ2v) is 17.7. The smallest absolute Gasteiger partial charge is 0.411 e. The van der Waals surface area contributed by atoms with Gasteiger partial charge in [-0.1, -0.05) is 25.5 Å². The number of carbonyl (C=O) groups excluding carboxylic acids is 6. The molecule has 3 saturated heterocycles. The molecule has 0 aromatic heterocycles. The lowest BCUT2D eigenvalue weighted by Crippen LogP contribution is -2.70. The number of Topliss-reactive ketones (excluding diaryl/α,β-unsaturated/α-hetero) is 2. The summed E-state index contributed by atoms with van der Waals surface area (Å²) < 4.78 is 16.0. The second kappa shape index (κ2) is 21.0. The number of nitrogens with zero attached hydrogens (tertiary/aromatic N) is 2. The van der Waals surface area contributed by atoms with Crippen LogP contribution in [-0.4, -0.2) is 118 Å². The van der Waals surface area contributed by atoms with Gasteiger partial charge in [0, 0.05) is 39.0 Å². The summed E-state index contributed by atoms with van der Waals surface area (Å²) >= 11 is 0. The van der Waals surface area contributed by atoms with Crippen molar-refractivity contribution in [3.63, 3.8) is 0 Å². The lowest BCUT2D eigenvalue weighted by molar-refractivity contribution is -0.136. The molecule has 0 aromatic carbocycles. The Hall–Kier alpha value is -3.98. The third-order valence-corrected chi connectivity index (χ3v) is 9.30. The highest BCUT2D eigenvalue weighted by molar-refractivity contribution is 5.93. The Kier molecular flexibility index (Phi) is 18.7. The molecule has 320 valence electrons. The van der Waals surface area contributed by atoms with Gasteiger partial charge in [0.15, 0.2) is 11.6 Å². The van der Waals surface area contributed by atoms with E-state index in [0.717, 1.165) is 32.2 Å². The van der Waals surface area contributed by atoms with Crippen LogP contribution in [0.1, 0.15) is 128 Å². The molecule has 0 aromatic rings. The van der Waals surface area contributed by atoms with E-state index < -0.39 is 46.2 Å². The van der Waals surface area contributed by atoms with E-state index in [1.165, 1.54) is 9.80 Å². The molecule has 3 atom stereocenters. The van der Waals surface area contributed by atoms with Crippen molar-refractivity contribution in [3.8, 4) is 0 Å². The zero-order chi connectivity index (χ0) is 43.2. The first kappa shape index (κ1) is 50.0. The number of likely N-dealkylation sites (tertiary alicyclic amines) is 1. The van der Waals surface area contributed by atoms with Crippen molar-refractivity contribution in [1.29, 1.82) is 0 Å². The number of nitrogens with one attached hydrogen (secondary N) is 3. The molecule has 3 heterocycles. The van der Waals surface area contributed by atoms with E-state index in [2.05, 4.69) is 36.0 Å². The molecule has 3 aliphatic heterocycles. The van der Waals surface area contributed by atoms with E-state index in [9.17, 15) is 28.8 Å². The summed E-state index contributed by atoms with van der Waals surface area (Å²) in [5, 5.41) is 8.64. The molecule has 15 heteroatoms. The number of hydrogen-bond donors (Lipinski definition) is 4. The zero-order valence-electron chi connectivity index (χ0n) is 36.1. The topological polar surface area (TPSA) is 199 Å². The van der Waals surface area contributed by atoms with E-state index in [4.69, 9.17) is 19.9 Å². The van der Waals surface area contributed by atoms with Crippen molar-refractivity contribution in [2.45, 2.75) is 161 Å². The number of hydrogen-bond acceptors (Lipinski definition) is 11. The highest BCUT2D eigenvalue weighted by Gasteiger charge is 2.50. The van der Waals surface area contributed by atoms with E-state index >= 15 is 0 Å². The fourth-order valence-electron chi connectivity index (χ4n) is 6.65. The molecular weight excluding hydrogens is 720 g/mol. The van der Waals surface area contributed by atoms with Crippen LogP contribution < -0.4 is 21.7 Å². The van der Waals surface area contributed by atoms with Gasteiger partial charge in [-0.15, -0.1) is 13.2 Å². The van der Waals surface area contributed by atoms with E-state index in [0.29, 0.717) is 38.1 Å². The summed E-state index contributed by atoms with van der Waals surface area (Å²) in [6, 6.07) is 0. The molecule has 5 N–H and O–H groups in total. The number of piperazine rings is 1. The maximum atomic E-state index is 12.7. The molecule has 3 aliphatic rings. The first-order chi connectivity index (χ1) is 25.8. The number of nitrogens with two attached hydrogens (primary N) is 1. The van der Waals surface area contributed by atoms with Crippen LogP contribution >= 0.6 is 0 Å². The average Bonchev–Trinajstić information content (AvgIpc) is 3.06. The molecular formula is C41H72N6O9. The van der Waals surface area contributed by atoms with Gasteiger partial charge in [0.05, 0.1) is 12.1 Å². The maximum Gasteiger partial charge on any atom is 0.411 e. The van der Waals surface area contributed by atoms with Crippen LogP contribution in [0.25, 0.3) is 0 Å². The van der Waals surface area contributed by atoms with E-state index in [-0.39, 0.29) is 43.3 Å². The quantitative estimate of drug-likeness (QED) is 0.169. The summed E-state index contributed by atoms with van der Waals surface area (Å²) in [6.07, 6.45) is 6.88. The lowest BCUT2D eigenvalue weighted by atomic mass is 9.82. The number of piperidine rings is 2. The van der Waals surface area contributed by atoms with Crippen LogP contribution in [0.4, 0.5) is 14.4 Å². The molecule has 15 nitrogen and oxygen atoms in total. The summed E-state index contributed by atoms with van der Waals surface area (Å²) in [6.45, 7) is 29.4. The number of amides is 4. The molecule has 4 amide bonds. The molecule has 56 heavy (non-hydrogen) atoms. The average molecular weight is 793 g/mol. The SMILES string of the molecule is C=CC[C@@]1(CN)C(=O)CCCN1C(=O)OC(C)(C)C.C=CC[C@@]1(CNC(=O)OC(C)(C)C)C(=O)NCCN1C(=O)OC(C)(C)C.CCC[C@]1(C)NCCCC1=O. The van der Waals surface area contributed by atoms with Gasteiger partial charge in [-0.2, -0.15) is 0 Å². The minimum Gasteiger partial charge on any atom is -0.444 e. The number of alkyl carbamates (subject to hydrolysis) is 1. The van der Waals surface area contributed by atoms with Crippen LogP contribution in [0.2, 0.25) is 0 Å². The Morgan fingerprint density at radius 2 is 1.29 bits per heavy atom. The van der Waals surface area contributed by atoms with Crippen molar-refractivity contribution < 1.29 is 43.0 Å². The van der Waals surface area contributed by atoms with Gasteiger partial charge < -0.3 is 35.9 Å². The molecule has 0 aliphatic carbocycles. The Balaban J connectivity index is 0.000000455. The van der Waals surface area contributed by atoms with Crippen LogP contribution in [0.5, 0.6) is 0 Å². The molecule has 0 spiro atoms. The largest absolute Gasteiger partial charge is 0.444 e. The van der Waals surface area contributed by atoms with Crippen molar-refractivity contribution in [2.75, 3.05) is 39.3 Å². The Bertz CT molecular complexity index is 1390. The maximum absolute atomic E-state index is 12.7. The fraction of sp³-hybridized carbons (Fsp3) is 0.756. The Labute approximate surface area is 335 Å². The van der Waals surface area contributed by atoms with Crippen LogP contribution in [-0.2, 0) is 28.6 Å². The minimum absolute atomic E-state index is 0.00740. The van der Waals surface area contributed by atoms with Crippen molar-refractivity contribution in [2.24, 2.45) is 5.73 Å². The number of rotatable bonds is 9. The van der Waals surface area contributed by atoms with Crippen LogP contribution in [0.3, 0.4) is 0 Å². The molecule has 3 rings (SSSR count). The minimum atomic E-state index is -1.32.